The molecule has 11 heavy (non-hydrogen) atoms. The quantitative estimate of drug-likeness (QED) is 0.532. The Hall–Kier alpha value is -0.630. The van der Waals surface area contributed by atoms with Gasteiger partial charge in [0.05, 0.1) is 38.0 Å². The maximum absolute atomic E-state index is 9.31. The molecule has 1 aliphatic rings. The third kappa shape index (κ3) is 1.90. The van der Waals surface area contributed by atoms with Crippen molar-refractivity contribution in [1.29, 1.82) is 5.26 Å². The Morgan fingerprint density at radius 2 is 2.45 bits per heavy atom. The van der Waals surface area contributed by atoms with Gasteiger partial charge in [0.15, 0.2) is 0 Å². The molecule has 0 bridgehead atoms. The zero-order chi connectivity index (χ0) is 8.27. The first-order valence-corrected chi connectivity index (χ1v) is 3.58. The van der Waals surface area contributed by atoms with E-state index in [2.05, 4.69) is 0 Å². The summed E-state index contributed by atoms with van der Waals surface area (Å²) in [6, 6.07) is 2.02. The average Bonchev–Trinajstić information content (AvgIpc) is 2.36. The van der Waals surface area contributed by atoms with Gasteiger partial charge in [0.2, 0.25) is 0 Å². The molecule has 1 unspecified atom stereocenters. The van der Waals surface area contributed by atoms with Crippen molar-refractivity contribution in [1.82, 2.24) is 4.90 Å². The van der Waals surface area contributed by atoms with E-state index < -0.39 is 6.10 Å². The van der Waals surface area contributed by atoms with Crippen molar-refractivity contribution in [3.8, 4) is 6.07 Å². The first-order chi connectivity index (χ1) is 5.25. The van der Waals surface area contributed by atoms with Crippen LogP contribution in [0.4, 0.5) is 0 Å². The lowest BCUT2D eigenvalue weighted by molar-refractivity contribution is 0.101. The number of aliphatic hydroxyl groups excluding tert-OH is 1. The Morgan fingerprint density at radius 1 is 1.73 bits per heavy atom. The minimum absolute atomic E-state index is 0.00495. The van der Waals surface area contributed by atoms with Gasteiger partial charge in [-0.1, -0.05) is 0 Å². The highest BCUT2D eigenvalue weighted by Crippen LogP contribution is 2.10. The molecule has 0 spiro atoms. The molecular formula is C7H12N2O2. The van der Waals surface area contributed by atoms with Crippen LogP contribution >= 0.6 is 0 Å². The van der Waals surface area contributed by atoms with Crippen LogP contribution in [0.1, 0.15) is 0 Å². The summed E-state index contributed by atoms with van der Waals surface area (Å²) in [5.74, 6) is 0. The Bertz CT molecular complexity index is 166. The van der Waals surface area contributed by atoms with Gasteiger partial charge < -0.3 is 9.84 Å². The lowest BCUT2D eigenvalue weighted by Gasteiger charge is -2.22. The monoisotopic (exact) mass is 156 g/mol. The molecule has 4 heteroatoms. The van der Waals surface area contributed by atoms with Crippen molar-refractivity contribution in [2.24, 2.45) is 0 Å². The van der Waals surface area contributed by atoms with E-state index >= 15 is 0 Å². The summed E-state index contributed by atoms with van der Waals surface area (Å²) in [5, 5.41) is 17.7. The minimum Gasteiger partial charge on any atom is -0.389 e. The van der Waals surface area contributed by atoms with Gasteiger partial charge in [-0.2, -0.15) is 5.26 Å². The van der Waals surface area contributed by atoms with Gasteiger partial charge in [0.25, 0.3) is 0 Å². The number of aliphatic hydroxyl groups is 1. The molecule has 0 aromatic heterocycles. The molecule has 62 valence electrons. The SMILES string of the molecule is CN(CC#N)C1COC[C@H]1O. The van der Waals surface area contributed by atoms with E-state index in [4.69, 9.17) is 10.00 Å². The predicted molar refractivity (Wildman–Crippen MR) is 38.9 cm³/mol. The van der Waals surface area contributed by atoms with Gasteiger partial charge in [-0.3, -0.25) is 4.90 Å². The van der Waals surface area contributed by atoms with E-state index in [0.29, 0.717) is 19.8 Å². The van der Waals surface area contributed by atoms with E-state index in [0.717, 1.165) is 0 Å². The fraction of sp³-hybridized carbons (Fsp3) is 0.857. The molecule has 1 heterocycles. The van der Waals surface area contributed by atoms with Crippen LogP contribution in [0.3, 0.4) is 0 Å². The normalized spacial score (nSPS) is 30.7. The molecule has 0 aromatic rings. The summed E-state index contributed by atoms with van der Waals surface area (Å²) in [6.45, 7) is 1.25. The van der Waals surface area contributed by atoms with Gasteiger partial charge in [0.1, 0.15) is 0 Å². The summed E-state index contributed by atoms with van der Waals surface area (Å²) in [6.07, 6.45) is -0.437. The summed E-state index contributed by atoms with van der Waals surface area (Å²) in [5.41, 5.74) is 0. The number of hydrogen-bond acceptors (Lipinski definition) is 4. The van der Waals surface area contributed by atoms with Crippen molar-refractivity contribution >= 4 is 0 Å². The van der Waals surface area contributed by atoms with Crippen molar-refractivity contribution in [3.05, 3.63) is 0 Å². The van der Waals surface area contributed by atoms with Crippen LogP contribution in [0.5, 0.6) is 0 Å². The van der Waals surface area contributed by atoms with Crippen LogP contribution in [0.15, 0.2) is 0 Å². The smallest absolute Gasteiger partial charge is 0.0951 e. The van der Waals surface area contributed by atoms with E-state index in [1.54, 1.807) is 4.90 Å². The highest BCUT2D eigenvalue weighted by molar-refractivity contribution is 4.86. The standard InChI is InChI=1S/C7H12N2O2/c1-9(3-2-8)6-4-11-5-7(6)10/h6-7,10H,3-5H2,1H3/t6?,7-/m1/s1. The second-order valence-electron chi connectivity index (χ2n) is 2.75. The number of nitrogens with zero attached hydrogens (tertiary/aromatic N) is 2. The first-order valence-electron chi connectivity index (χ1n) is 3.58. The van der Waals surface area contributed by atoms with Gasteiger partial charge >= 0.3 is 0 Å². The minimum atomic E-state index is -0.437. The first kappa shape index (κ1) is 8.47. The van der Waals surface area contributed by atoms with Crippen molar-refractivity contribution in [3.63, 3.8) is 0 Å². The molecule has 0 saturated carbocycles. The van der Waals surface area contributed by atoms with Crippen molar-refractivity contribution < 1.29 is 9.84 Å². The third-order valence-electron chi connectivity index (χ3n) is 1.91. The second kappa shape index (κ2) is 3.67. The maximum atomic E-state index is 9.31. The highest BCUT2D eigenvalue weighted by Gasteiger charge is 2.29. The van der Waals surface area contributed by atoms with E-state index in [1.165, 1.54) is 0 Å². The van der Waals surface area contributed by atoms with E-state index in [-0.39, 0.29) is 6.04 Å². The van der Waals surface area contributed by atoms with Crippen LogP contribution in [-0.4, -0.2) is 49.0 Å². The third-order valence-corrected chi connectivity index (χ3v) is 1.91. The maximum Gasteiger partial charge on any atom is 0.0951 e. The summed E-state index contributed by atoms with van der Waals surface area (Å²) in [7, 11) is 1.81. The number of nitriles is 1. The molecular weight excluding hydrogens is 144 g/mol. The van der Waals surface area contributed by atoms with Crippen LogP contribution in [0.2, 0.25) is 0 Å². The molecule has 0 aromatic carbocycles. The van der Waals surface area contributed by atoms with Gasteiger partial charge in [-0.15, -0.1) is 0 Å². The zero-order valence-corrected chi connectivity index (χ0v) is 6.53. The number of hydrogen-bond donors (Lipinski definition) is 1. The topological polar surface area (TPSA) is 56.5 Å². The summed E-state index contributed by atoms with van der Waals surface area (Å²) < 4.78 is 5.04. The van der Waals surface area contributed by atoms with E-state index in [1.807, 2.05) is 13.1 Å². The summed E-state index contributed by atoms with van der Waals surface area (Å²) in [4.78, 5) is 1.80. The highest BCUT2D eigenvalue weighted by atomic mass is 16.5. The van der Waals surface area contributed by atoms with Gasteiger partial charge in [-0.25, -0.2) is 0 Å². The Kier molecular flexibility index (Phi) is 2.83. The molecule has 1 N–H and O–H groups in total. The molecule has 4 nitrogen and oxygen atoms in total. The molecule has 1 aliphatic heterocycles. The molecule has 1 saturated heterocycles. The molecule has 0 aliphatic carbocycles. The summed E-state index contributed by atoms with van der Waals surface area (Å²) >= 11 is 0. The molecule has 2 atom stereocenters. The van der Waals surface area contributed by atoms with Crippen LogP contribution in [-0.2, 0) is 4.74 Å². The van der Waals surface area contributed by atoms with E-state index in [9.17, 15) is 5.11 Å². The Labute approximate surface area is 66.0 Å². The van der Waals surface area contributed by atoms with Gasteiger partial charge in [-0.05, 0) is 7.05 Å². The Morgan fingerprint density at radius 3 is 2.91 bits per heavy atom. The molecule has 1 fully saturated rings. The average molecular weight is 156 g/mol. The Balaban J connectivity index is 2.40. The largest absolute Gasteiger partial charge is 0.389 e. The second-order valence-corrected chi connectivity index (χ2v) is 2.75. The zero-order valence-electron chi connectivity index (χ0n) is 6.53. The lowest BCUT2D eigenvalue weighted by atomic mass is 10.2. The van der Waals surface area contributed by atoms with Crippen LogP contribution < -0.4 is 0 Å². The van der Waals surface area contributed by atoms with Crippen LogP contribution in [0, 0.1) is 11.3 Å². The van der Waals surface area contributed by atoms with Crippen molar-refractivity contribution in [2.75, 3.05) is 26.8 Å². The number of likely N-dealkylation sites (N-methyl/N-ethyl adjacent to an activating group) is 1. The van der Waals surface area contributed by atoms with Crippen molar-refractivity contribution in [2.45, 2.75) is 12.1 Å². The number of ether oxygens (including phenoxy) is 1. The molecule has 1 rings (SSSR count). The molecule has 0 amide bonds. The fourth-order valence-corrected chi connectivity index (χ4v) is 1.18. The van der Waals surface area contributed by atoms with Gasteiger partial charge in [0, 0.05) is 0 Å². The van der Waals surface area contributed by atoms with Crippen LogP contribution in [0.25, 0.3) is 0 Å². The predicted octanol–water partition coefficient (Wildman–Crippen LogP) is -0.799. The fourth-order valence-electron chi connectivity index (χ4n) is 1.18. The lowest BCUT2D eigenvalue weighted by Crippen LogP contribution is -2.40. The number of rotatable bonds is 2. The molecule has 0 radical (unpaired) electrons.